The van der Waals surface area contributed by atoms with Gasteiger partial charge in [-0.15, -0.1) is 0 Å². The number of hydrogen-bond acceptors (Lipinski definition) is 4. The lowest BCUT2D eigenvalue weighted by atomic mass is 10.1. The van der Waals surface area contributed by atoms with Crippen molar-refractivity contribution in [1.82, 2.24) is 10.2 Å². The van der Waals surface area contributed by atoms with Gasteiger partial charge in [0.2, 0.25) is 0 Å². The molecule has 7 nitrogen and oxygen atoms in total. The van der Waals surface area contributed by atoms with Crippen molar-refractivity contribution in [2.75, 3.05) is 18.5 Å². The van der Waals surface area contributed by atoms with Gasteiger partial charge in [0, 0.05) is 5.69 Å². The number of rotatable bonds is 5. The molecule has 0 bridgehead atoms. The predicted molar refractivity (Wildman–Crippen MR) is 90.8 cm³/mol. The Morgan fingerprint density at radius 1 is 1.04 bits per heavy atom. The number of imide groups is 1. The summed E-state index contributed by atoms with van der Waals surface area (Å²) in [5.41, 5.74) is 1.42. The summed E-state index contributed by atoms with van der Waals surface area (Å²) in [7, 11) is 0. The van der Waals surface area contributed by atoms with Gasteiger partial charge in [0.25, 0.3) is 5.91 Å². The van der Waals surface area contributed by atoms with Crippen molar-refractivity contribution in [3.8, 4) is 0 Å². The number of anilines is 1. The molecule has 2 aromatic rings. The van der Waals surface area contributed by atoms with E-state index in [2.05, 4.69) is 10.6 Å². The van der Waals surface area contributed by atoms with Crippen LogP contribution in [0.15, 0.2) is 60.7 Å². The smallest absolute Gasteiger partial charge is 0.417 e. The summed E-state index contributed by atoms with van der Waals surface area (Å²) >= 11 is 0. The first kappa shape index (κ1) is 16.5. The third-order valence-corrected chi connectivity index (χ3v) is 3.74. The average molecular weight is 339 g/mol. The topological polar surface area (TPSA) is 87.7 Å². The molecule has 0 radical (unpaired) electrons. The molecule has 7 heteroatoms. The number of nitrogens with one attached hydrogen (secondary N) is 2. The van der Waals surface area contributed by atoms with Crippen LogP contribution in [0.25, 0.3) is 0 Å². The van der Waals surface area contributed by atoms with E-state index in [1.165, 1.54) is 0 Å². The van der Waals surface area contributed by atoms with E-state index in [4.69, 9.17) is 4.74 Å². The minimum atomic E-state index is -0.698. The van der Waals surface area contributed by atoms with E-state index in [9.17, 15) is 14.4 Å². The molecule has 0 aliphatic carbocycles. The van der Waals surface area contributed by atoms with Crippen LogP contribution in [0.4, 0.5) is 15.3 Å². The third-order valence-electron chi connectivity index (χ3n) is 3.74. The number of cyclic esters (lactones) is 1. The van der Waals surface area contributed by atoms with Crippen molar-refractivity contribution >= 4 is 23.7 Å². The fourth-order valence-corrected chi connectivity index (χ4v) is 2.51. The van der Waals surface area contributed by atoms with Gasteiger partial charge in [-0.25, -0.2) is 14.5 Å². The van der Waals surface area contributed by atoms with E-state index in [0.29, 0.717) is 5.69 Å². The van der Waals surface area contributed by atoms with Gasteiger partial charge in [-0.3, -0.25) is 4.79 Å². The van der Waals surface area contributed by atoms with E-state index >= 15 is 0 Å². The number of benzene rings is 2. The van der Waals surface area contributed by atoms with Gasteiger partial charge in [0.05, 0.1) is 12.6 Å². The Labute approximate surface area is 144 Å². The van der Waals surface area contributed by atoms with Crippen LogP contribution < -0.4 is 10.6 Å². The Bertz CT molecular complexity index is 748. The molecule has 128 valence electrons. The van der Waals surface area contributed by atoms with Gasteiger partial charge in [-0.2, -0.15) is 0 Å². The molecule has 2 N–H and O–H groups in total. The molecule has 0 spiro atoms. The number of ether oxygens (including phenoxy) is 1. The van der Waals surface area contributed by atoms with Gasteiger partial charge < -0.3 is 15.4 Å². The minimum absolute atomic E-state index is 0.00386. The van der Waals surface area contributed by atoms with E-state index in [-0.39, 0.29) is 13.2 Å². The molecule has 3 rings (SSSR count). The molecule has 0 saturated carbocycles. The van der Waals surface area contributed by atoms with Crippen LogP contribution in [0.5, 0.6) is 0 Å². The number of carbonyl (C=O) groups excluding carboxylic acids is 3. The molecule has 0 aromatic heterocycles. The van der Waals surface area contributed by atoms with Crippen LogP contribution in [0.2, 0.25) is 0 Å². The summed E-state index contributed by atoms with van der Waals surface area (Å²) in [6.07, 6.45) is -0.698. The lowest BCUT2D eigenvalue weighted by Crippen LogP contribution is -2.41. The fourth-order valence-electron chi connectivity index (χ4n) is 2.51. The first-order chi connectivity index (χ1) is 12.1. The Morgan fingerprint density at radius 3 is 2.28 bits per heavy atom. The highest BCUT2D eigenvalue weighted by Crippen LogP contribution is 2.18. The zero-order valence-corrected chi connectivity index (χ0v) is 13.3. The van der Waals surface area contributed by atoms with Crippen LogP contribution in [-0.2, 0) is 9.53 Å². The minimum Gasteiger partial charge on any atom is -0.439 e. The Morgan fingerprint density at radius 2 is 1.68 bits per heavy atom. The molecule has 25 heavy (non-hydrogen) atoms. The van der Waals surface area contributed by atoms with Crippen molar-refractivity contribution in [2.45, 2.75) is 6.04 Å². The normalized spacial score (nSPS) is 14.8. The number of amides is 4. The molecule has 1 aliphatic heterocycles. The highest BCUT2D eigenvalue weighted by molar-refractivity contribution is 5.98. The number of hydrogen-bond donors (Lipinski definition) is 2. The van der Waals surface area contributed by atoms with Crippen LogP contribution in [0, 0.1) is 0 Å². The lowest BCUT2D eigenvalue weighted by molar-refractivity contribution is -0.126. The summed E-state index contributed by atoms with van der Waals surface area (Å²) < 4.78 is 4.72. The maximum Gasteiger partial charge on any atom is 0.417 e. The van der Waals surface area contributed by atoms with E-state index in [1.54, 1.807) is 12.1 Å². The van der Waals surface area contributed by atoms with E-state index < -0.39 is 24.1 Å². The number of nitrogens with zero attached hydrogens (tertiary/aromatic N) is 1. The van der Waals surface area contributed by atoms with Gasteiger partial charge in [-0.05, 0) is 17.7 Å². The number of carbonyl (C=O) groups is 3. The summed E-state index contributed by atoms with van der Waals surface area (Å²) in [6.45, 7) is -0.263. The monoisotopic (exact) mass is 339 g/mol. The van der Waals surface area contributed by atoms with Gasteiger partial charge in [0.15, 0.2) is 6.61 Å². The van der Waals surface area contributed by atoms with Crippen molar-refractivity contribution in [3.05, 3.63) is 66.2 Å². The largest absolute Gasteiger partial charge is 0.439 e. The second-order valence-corrected chi connectivity index (χ2v) is 5.49. The highest BCUT2D eigenvalue weighted by atomic mass is 16.6. The summed E-state index contributed by atoms with van der Waals surface area (Å²) in [6, 6.07) is 17.1. The molecule has 4 amide bonds. The van der Waals surface area contributed by atoms with Crippen molar-refractivity contribution in [1.29, 1.82) is 0 Å². The zero-order chi connectivity index (χ0) is 17.6. The van der Waals surface area contributed by atoms with Crippen molar-refractivity contribution < 1.29 is 19.1 Å². The Kier molecular flexibility index (Phi) is 4.94. The zero-order valence-electron chi connectivity index (χ0n) is 13.3. The lowest BCUT2D eigenvalue weighted by Gasteiger charge is -2.23. The Hall–Kier alpha value is -3.35. The predicted octanol–water partition coefficient (Wildman–Crippen LogP) is 2.53. The van der Waals surface area contributed by atoms with Crippen LogP contribution in [0.1, 0.15) is 11.6 Å². The first-order valence-electron chi connectivity index (χ1n) is 7.78. The number of urea groups is 1. The van der Waals surface area contributed by atoms with E-state index in [1.807, 2.05) is 48.5 Å². The fraction of sp³-hybridized carbons (Fsp3) is 0.167. The second kappa shape index (κ2) is 7.48. The SMILES string of the molecule is O=C(Nc1ccccc1)N[C@@H](CN1C(=O)COC1=O)c1ccccc1. The molecule has 1 heterocycles. The van der Waals surface area contributed by atoms with Crippen molar-refractivity contribution in [3.63, 3.8) is 0 Å². The first-order valence-corrected chi connectivity index (χ1v) is 7.78. The van der Waals surface area contributed by atoms with Gasteiger partial charge >= 0.3 is 12.1 Å². The quantitative estimate of drug-likeness (QED) is 0.876. The highest BCUT2D eigenvalue weighted by Gasteiger charge is 2.33. The molecule has 0 unspecified atom stereocenters. The van der Waals surface area contributed by atoms with E-state index in [0.717, 1.165) is 10.5 Å². The molecule has 1 atom stereocenters. The Balaban J connectivity index is 1.73. The van der Waals surface area contributed by atoms with Gasteiger partial charge in [-0.1, -0.05) is 48.5 Å². The molecule has 1 saturated heterocycles. The molecule has 2 aromatic carbocycles. The second-order valence-electron chi connectivity index (χ2n) is 5.49. The molecular formula is C18H17N3O4. The van der Waals surface area contributed by atoms with Crippen LogP contribution in [0.3, 0.4) is 0 Å². The molecule has 1 aliphatic rings. The molecule has 1 fully saturated rings. The average Bonchev–Trinajstić information content (AvgIpc) is 2.94. The maximum absolute atomic E-state index is 12.3. The molecular weight excluding hydrogens is 322 g/mol. The number of para-hydroxylation sites is 1. The van der Waals surface area contributed by atoms with Crippen LogP contribution in [-0.4, -0.2) is 36.1 Å². The van der Waals surface area contributed by atoms with Crippen LogP contribution >= 0.6 is 0 Å². The third kappa shape index (κ3) is 4.14. The van der Waals surface area contributed by atoms with Crippen molar-refractivity contribution in [2.24, 2.45) is 0 Å². The summed E-state index contributed by atoms with van der Waals surface area (Å²) in [5.74, 6) is -0.420. The van der Waals surface area contributed by atoms with Gasteiger partial charge in [0.1, 0.15) is 0 Å². The maximum atomic E-state index is 12.3. The standard InChI is InChI=1S/C18H17N3O4/c22-16-12-25-18(24)21(16)11-15(13-7-3-1-4-8-13)20-17(23)19-14-9-5-2-6-10-14/h1-10,15H,11-12H2,(H2,19,20,23)/t15-/m0/s1. The summed E-state index contributed by atoms with van der Waals surface area (Å²) in [4.78, 5) is 36.8. The summed E-state index contributed by atoms with van der Waals surface area (Å²) in [5, 5.41) is 5.52.